The maximum absolute atomic E-state index is 11.1. The molecule has 18 heavy (non-hydrogen) atoms. The summed E-state index contributed by atoms with van der Waals surface area (Å²) in [6, 6.07) is 0. The fraction of sp³-hybridized carbons (Fsp3) is 0.375. The number of aromatic amines is 2. The molecule has 2 aromatic rings. The van der Waals surface area contributed by atoms with Crippen molar-refractivity contribution in [1.82, 2.24) is 24.9 Å². The number of imidazole rings is 1. The lowest BCUT2D eigenvalue weighted by atomic mass is 10.5. The van der Waals surface area contributed by atoms with Gasteiger partial charge in [0.05, 0.1) is 13.2 Å². The van der Waals surface area contributed by atoms with Gasteiger partial charge in [-0.05, 0) is 0 Å². The zero-order chi connectivity index (χ0) is 13.1. The van der Waals surface area contributed by atoms with E-state index in [1.807, 2.05) is 0 Å². The van der Waals surface area contributed by atoms with E-state index in [9.17, 15) is 4.79 Å². The Morgan fingerprint density at radius 2 is 2.22 bits per heavy atom. The van der Waals surface area contributed by atoms with Crippen LogP contribution in [0, 0.1) is 0 Å². The molecule has 0 bridgehead atoms. The number of hydrogen-bond acceptors (Lipinski definition) is 7. The minimum absolute atomic E-state index is 0.0291. The highest BCUT2D eigenvalue weighted by atomic mass is 16.3. The van der Waals surface area contributed by atoms with Crippen LogP contribution in [0.1, 0.15) is 0 Å². The molecule has 0 atom stereocenters. The molecule has 0 spiro atoms. The zero-order valence-corrected chi connectivity index (χ0v) is 9.58. The molecule has 0 fully saturated rings. The number of rotatable bonds is 4. The molecule has 0 aliphatic rings. The molecular weight excluding hydrogens is 240 g/mol. The molecule has 0 saturated heterocycles. The molecule has 0 aliphatic heterocycles. The van der Waals surface area contributed by atoms with Gasteiger partial charge in [0.25, 0.3) is 5.95 Å². The highest BCUT2D eigenvalue weighted by molar-refractivity contribution is 5.82. The summed E-state index contributed by atoms with van der Waals surface area (Å²) in [7, 11) is 1.65. The number of nitrogen functional groups attached to an aromatic ring is 1. The number of nitrogens with one attached hydrogen (secondary N) is 2. The SMILES string of the molecule is CN(CCO)/N=N/c1nc2nc(=O)[nH]c(N)c2[nH]1. The standard InChI is InChI=1S/C8H12N8O2/c1-16(2-3-17)15-14-7-10-4-5(9)11-8(18)13-6(4)12-7/h17H,2-3H2,1H3,(H4,9,10,11,12,13,18)/b15-14+. The Morgan fingerprint density at radius 1 is 1.44 bits per heavy atom. The molecule has 0 amide bonds. The van der Waals surface area contributed by atoms with Gasteiger partial charge in [0.1, 0.15) is 11.3 Å². The van der Waals surface area contributed by atoms with Crippen molar-refractivity contribution in [2.45, 2.75) is 0 Å². The molecule has 2 aromatic heterocycles. The van der Waals surface area contributed by atoms with Crippen LogP contribution >= 0.6 is 0 Å². The summed E-state index contributed by atoms with van der Waals surface area (Å²) in [5, 5.41) is 17.7. The van der Waals surface area contributed by atoms with Crippen LogP contribution in [0.25, 0.3) is 11.2 Å². The molecular formula is C8H12N8O2. The van der Waals surface area contributed by atoms with E-state index >= 15 is 0 Å². The summed E-state index contributed by atoms with van der Waals surface area (Å²) < 4.78 is 0. The largest absolute Gasteiger partial charge is 0.394 e. The summed E-state index contributed by atoms with van der Waals surface area (Å²) in [6.07, 6.45) is 0. The highest BCUT2D eigenvalue weighted by Gasteiger charge is 2.07. The van der Waals surface area contributed by atoms with E-state index in [0.29, 0.717) is 12.1 Å². The Bertz CT molecular complexity index is 630. The van der Waals surface area contributed by atoms with Crippen LogP contribution in [-0.4, -0.2) is 50.3 Å². The third-order valence-corrected chi connectivity index (χ3v) is 2.11. The minimum Gasteiger partial charge on any atom is -0.394 e. The average molecular weight is 252 g/mol. The molecule has 96 valence electrons. The maximum atomic E-state index is 11.1. The molecule has 10 nitrogen and oxygen atoms in total. The second-order valence-corrected chi connectivity index (χ2v) is 3.51. The van der Waals surface area contributed by atoms with E-state index in [0.717, 1.165) is 0 Å². The number of aliphatic hydroxyl groups excluding tert-OH is 1. The van der Waals surface area contributed by atoms with Crippen molar-refractivity contribution in [2.75, 3.05) is 25.9 Å². The molecule has 0 radical (unpaired) electrons. The summed E-state index contributed by atoms with van der Waals surface area (Å²) in [6.45, 7) is 0.321. The van der Waals surface area contributed by atoms with E-state index in [-0.39, 0.29) is 24.0 Å². The fourth-order valence-electron chi connectivity index (χ4n) is 1.28. The first kappa shape index (κ1) is 12.0. The van der Waals surface area contributed by atoms with Crippen molar-refractivity contribution in [2.24, 2.45) is 10.3 Å². The van der Waals surface area contributed by atoms with Crippen LogP contribution in [0.5, 0.6) is 0 Å². The van der Waals surface area contributed by atoms with Gasteiger partial charge in [-0.25, -0.2) is 4.79 Å². The van der Waals surface area contributed by atoms with E-state index in [1.165, 1.54) is 5.01 Å². The van der Waals surface area contributed by atoms with Crippen molar-refractivity contribution >= 4 is 22.9 Å². The first-order valence-electron chi connectivity index (χ1n) is 5.09. The van der Waals surface area contributed by atoms with Gasteiger partial charge < -0.3 is 15.8 Å². The van der Waals surface area contributed by atoms with Gasteiger partial charge in [-0.2, -0.15) is 9.97 Å². The second kappa shape index (κ2) is 4.79. The van der Waals surface area contributed by atoms with Crippen molar-refractivity contribution < 1.29 is 5.11 Å². The second-order valence-electron chi connectivity index (χ2n) is 3.51. The number of aliphatic hydroxyl groups is 1. The third kappa shape index (κ3) is 2.43. The van der Waals surface area contributed by atoms with Gasteiger partial charge in [0.2, 0.25) is 0 Å². The van der Waals surface area contributed by atoms with E-state index in [1.54, 1.807) is 7.05 Å². The summed E-state index contributed by atoms with van der Waals surface area (Å²) in [4.78, 5) is 23.8. The third-order valence-electron chi connectivity index (χ3n) is 2.11. The molecule has 10 heteroatoms. The number of anilines is 1. The van der Waals surface area contributed by atoms with Crippen LogP contribution in [0.15, 0.2) is 15.1 Å². The lowest BCUT2D eigenvalue weighted by Gasteiger charge is -2.06. The predicted octanol–water partition coefficient (Wildman–Crippen LogP) is -0.849. The summed E-state index contributed by atoms with van der Waals surface area (Å²) in [5.41, 5.74) is 5.59. The Kier molecular flexibility index (Phi) is 3.19. The zero-order valence-electron chi connectivity index (χ0n) is 9.58. The smallest absolute Gasteiger partial charge is 0.348 e. The molecule has 0 aliphatic carbocycles. The number of likely N-dealkylation sites (N-methyl/N-ethyl adjacent to an activating group) is 1. The van der Waals surface area contributed by atoms with E-state index in [4.69, 9.17) is 10.8 Å². The summed E-state index contributed by atoms with van der Waals surface area (Å²) >= 11 is 0. The van der Waals surface area contributed by atoms with Gasteiger partial charge >= 0.3 is 5.69 Å². The molecule has 5 N–H and O–H groups in total. The Labute approximate surface area is 101 Å². The van der Waals surface area contributed by atoms with Crippen molar-refractivity contribution in [1.29, 1.82) is 0 Å². The molecule has 2 heterocycles. The normalized spacial score (nSPS) is 11.4. The van der Waals surface area contributed by atoms with Crippen LogP contribution in [0.2, 0.25) is 0 Å². The van der Waals surface area contributed by atoms with Gasteiger partial charge in [0.15, 0.2) is 5.65 Å². The quantitative estimate of drug-likeness (QED) is 0.411. The van der Waals surface area contributed by atoms with E-state index < -0.39 is 5.69 Å². The number of hydrogen-bond donors (Lipinski definition) is 4. The van der Waals surface area contributed by atoms with Crippen LogP contribution in [-0.2, 0) is 0 Å². The van der Waals surface area contributed by atoms with E-state index in [2.05, 4.69) is 30.3 Å². The molecule has 2 rings (SSSR count). The number of nitrogens with zero attached hydrogens (tertiary/aromatic N) is 5. The predicted molar refractivity (Wildman–Crippen MR) is 63.2 cm³/mol. The van der Waals surface area contributed by atoms with Gasteiger partial charge in [-0.1, -0.05) is 10.3 Å². The lowest BCUT2D eigenvalue weighted by molar-refractivity contribution is 0.219. The van der Waals surface area contributed by atoms with Gasteiger partial charge in [-0.3, -0.25) is 9.99 Å². The highest BCUT2D eigenvalue weighted by Crippen LogP contribution is 2.16. The molecule has 0 unspecified atom stereocenters. The topological polar surface area (TPSA) is 149 Å². The number of H-pyrrole nitrogens is 2. The Morgan fingerprint density at radius 3 is 2.94 bits per heavy atom. The first-order chi connectivity index (χ1) is 8.60. The maximum Gasteiger partial charge on any atom is 0.348 e. The number of nitrogens with two attached hydrogens (primary N) is 1. The first-order valence-corrected chi connectivity index (χ1v) is 5.09. The minimum atomic E-state index is -0.576. The monoisotopic (exact) mass is 252 g/mol. The van der Waals surface area contributed by atoms with Gasteiger partial charge in [0, 0.05) is 7.05 Å². The number of fused-ring (bicyclic) bond motifs is 1. The molecule has 0 aromatic carbocycles. The van der Waals surface area contributed by atoms with Crippen LogP contribution < -0.4 is 11.4 Å². The number of aromatic nitrogens is 4. The van der Waals surface area contributed by atoms with Crippen molar-refractivity contribution in [3.8, 4) is 0 Å². The van der Waals surface area contributed by atoms with Crippen molar-refractivity contribution in [3.63, 3.8) is 0 Å². The van der Waals surface area contributed by atoms with Gasteiger partial charge in [-0.15, -0.1) is 0 Å². The summed E-state index contributed by atoms with van der Waals surface area (Å²) in [5.74, 6) is 0.315. The van der Waals surface area contributed by atoms with Crippen LogP contribution in [0.3, 0.4) is 0 Å². The fourth-order valence-corrected chi connectivity index (χ4v) is 1.28. The van der Waals surface area contributed by atoms with Crippen molar-refractivity contribution in [3.05, 3.63) is 10.5 Å². The molecule has 0 saturated carbocycles. The lowest BCUT2D eigenvalue weighted by Crippen LogP contribution is -2.14. The Hall–Kier alpha value is -2.49. The Balaban J connectivity index is 2.31. The average Bonchev–Trinajstić information content (AvgIpc) is 2.70. The van der Waals surface area contributed by atoms with Crippen LogP contribution in [0.4, 0.5) is 11.8 Å².